The first-order valence-corrected chi connectivity index (χ1v) is 8.14. The molecule has 144 valence electrons. The van der Waals surface area contributed by atoms with Gasteiger partial charge in [0.1, 0.15) is 5.75 Å². The third-order valence-electron chi connectivity index (χ3n) is 3.73. The van der Waals surface area contributed by atoms with Crippen LogP contribution in [-0.2, 0) is 22.6 Å². The summed E-state index contributed by atoms with van der Waals surface area (Å²) in [6.45, 7) is 0.150. The van der Waals surface area contributed by atoms with Gasteiger partial charge in [-0.15, -0.1) is 0 Å². The van der Waals surface area contributed by atoms with Crippen molar-refractivity contribution < 1.29 is 27.5 Å². The average Bonchev–Trinajstić information content (AvgIpc) is 2.64. The second-order valence-electron chi connectivity index (χ2n) is 5.78. The first-order chi connectivity index (χ1) is 12.8. The minimum Gasteiger partial charge on any atom is -0.497 e. The molecular formula is C19H19F3N2O3. The molecule has 0 radical (unpaired) electrons. The molecule has 0 bridgehead atoms. The summed E-state index contributed by atoms with van der Waals surface area (Å²) >= 11 is 0. The maximum absolute atomic E-state index is 12.3. The molecule has 2 rings (SSSR count). The number of benzene rings is 2. The van der Waals surface area contributed by atoms with E-state index in [9.17, 15) is 22.8 Å². The molecule has 0 unspecified atom stereocenters. The molecule has 0 saturated heterocycles. The molecule has 0 aliphatic carbocycles. The minimum atomic E-state index is -4.95. The van der Waals surface area contributed by atoms with E-state index in [1.807, 2.05) is 24.3 Å². The molecule has 0 fully saturated rings. The third-order valence-corrected chi connectivity index (χ3v) is 3.73. The Bertz CT molecular complexity index is 790. The third kappa shape index (κ3) is 6.65. The van der Waals surface area contributed by atoms with Crippen LogP contribution in [0.15, 0.2) is 48.5 Å². The average molecular weight is 380 g/mol. The SMILES string of the molecule is COc1ccc(CCC(=O)NCc2cccc(NC(=O)C(F)(F)F)c2)cc1. The van der Waals surface area contributed by atoms with Crippen molar-refractivity contribution in [3.05, 3.63) is 59.7 Å². The van der Waals surface area contributed by atoms with Crippen molar-refractivity contribution in [1.29, 1.82) is 0 Å². The van der Waals surface area contributed by atoms with Crippen LogP contribution in [0.2, 0.25) is 0 Å². The van der Waals surface area contributed by atoms with Gasteiger partial charge in [0.2, 0.25) is 5.91 Å². The number of anilines is 1. The summed E-state index contributed by atoms with van der Waals surface area (Å²) in [5.74, 6) is -1.49. The van der Waals surface area contributed by atoms with E-state index in [1.165, 1.54) is 18.2 Å². The van der Waals surface area contributed by atoms with Crippen molar-refractivity contribution in [2.45, 2.75) is 25.6 Å². The smallest absolute Gasteiger partial charge is 0.471 e. The summed E-state index contributed by atoms with van der Waals surface area (Å²) < 4.78 is 41.9. The Hall–Kier alpha value is -3.03. The van der Waals surface area contributed by atoms with Gasteiger partial charge in [-0.1, -0.05) is 24.3 Å². The number of alkyl halides is 3. The fourth-order valence-electron chi connectivity index (χ4n) is 2.30. The minimum absolute atomic E-state index is 0.0160. The Balaban J connectivity index is 1.82. The second-order valence-corrected chi connectivity index (χ2v) is 5.78. The Kier molecular flexibility index (Phi) is 6.81. The van der Waals surface area contributed by atoms with Crippen molar-refractivity contribution in [3.8, 4) is 5.75 Å². The van der Waals surface area contributed by atoms with Gasteiger partial charge >= 0.3 is 12.1 Å². The van der Waals surface area contributed by atoms with Crippen molar-refractivity contribution in [2.75, 3.05) is 12.4 Å². The van der Waals surface area contributed by atoms with Crippen LogP contribution < -0.4 is 15.4 Å². The molecule has 2 aromatic carbocycles. The molecule has 0 heterocycles. The summed E-state index contributed by atoms with van der Waals surface area (Å²) in [7, 11) is 1.58. The summed E-state index contributed by atoms with van der Waals surface area (Å²) in [6, 6.07) is 13.3. The predicted molar refractivity (Wildman–Crippen MR) is 94.3 cm³/mol. The zero-order valence-corrected chi connectivity index (χ0v) is 14.6. The predicted octanol–water partition coefficient (Wildman–Crippen LogP) is 3.45. The summed E-state index contributed by atoms with van der Waals surface area (Å²) in [4.78, 5) is 22.9. The number of ether oxygens (including phenoxy) is 1. The van der Waals surface area contributed by atoms with Crippen molar-refractivity contribution in [1.82, 2.24) is 5.32 Å². The van der Waals surface area contributed by atoms with Gasteiger partial charge in [-0.2, -0.15) is 13.2 Å². The van der Waals surface area contributed by atoms with Gasteiger partial charge in [0.05, 0.1) is 7.11 Å². The van der Waals surface area contributed by atoms with Crippen LogP contribution in [0.1, 0.15) is 17.5 Å². The zero-order chi connectivity index (χ0) is 19.9. The molecule has 2 aromatic rings. The number of nitrogens with one attached hydrogen (secondary N) is 2. The van der Waals surface area contributed by atoms with Crippen LogP contribution in [0.25, 0.3) is 0 Å². The van der Waals surface area contributed by atoms with E-state index in [0.29, 0.717) is 12.0 Å². The largest absolute Gasteiger partial charge is 0.497 e. The Labute approximate surface area is 154 Å². The zero-order valence-electron chi connectivity index (χ0n) is 14.6. The van der Waals surface area contributed by atoms with Gasteiger partial charge in [0.25, 0.3) is 0 Å². The fourth-order valence-corrected chi connectivity index (χ4v) is 2.30. The second kappa shape index (κ2) is 9.07. The number of rotatable bonds is 7. The first-order valence-electron chi connectivity index (χ1n) is 8.14. The van der Waals surface area contributed by atoms with E-state index in [4.69, 9.17) is 4.74 Å². The number of aryl methyl sites for hydroxylation is 1. The number of amides is 2. The first kappa shape index (κ1) is 20.3. The van der Waals surface area contributed by atoms with Gasteiger partial charge in [-0.25, -0.2) is 0 Å². The van der Waals surface area contributed by atoms with Crippen LogP contribution in [0.3, 0.4) is 0 Å². The Morgan fingerprint density at radius 3 is 2.37 bits per heavy atom. The summed E-state index contributed by atoms with van der Waals surface area (Å²) in [5.41, 5.74) is 1.58. The fraction of sp³-hybridized carbons (Fsp3) is 0.263. The molecule has 0 aliphatic rings. The molecule has 27 heavy (non-hydrogen) atoms. The molecule has 0 aliphatic heterocycles. The molecular weight excluding hydrogens is 361 g/mol. The number of hydrogen-bond acceptors (Lipinski definition) is 3. The quantitative estimate of drug-likeness (QED) is 0.773. The molecule has 8 heteroatoms. The van der Waals surface area contributed by atoms with Crippen molar-refractivity contribution >= 4 is 17.5 Å². The number of hydrogen-bond donors (Lipinski definition) is 2. The van der Waals surface area contributed by atoms with Gasteiger partial charge in [0, 0.05) is 18.7 Å². The van der Waals surface area contributed by atoms with Crippen LogP contribution in [-0.4, -0.2) is 25.1 Å². The lowest BCUT2D eigenvalue weighted by Gasteiger charge is -2.10. The highest BCUT2D eigenvalue weighted by Gasteiger charge is 2.38. The number of methoxy groups -OCH3 is 1. The van der Waals surface area contributed by atoms with E-state index < -0.39 is 12.1 Å². The molecule has 5 nitrogen and oxygen atoms in total. The number of halogens is 3. The normalized spacial score (nSPS) is 11.0. The van der Waals surface area contributed by atoms with E-state index in [1.54, 1.807) is 18.5 Å². The standard InChI is InChI=1S/C19H19F3N2O3/c1-27-16-8-5-13(6-9-16)7-10-17(25)23-12-14-3-2-4-15(11-14)24-18(26)19(20,21)22/h2-6,8-9,11H,7,10,12H2,1H3,(H,23,25)(H,24,26). The van der Waals surface area contributed by atoms with E-state index in [-0.39, 0.29) is 24.6 Å². The summed E-state index contributed by atoms with van der Waals surface area (Å²) in [5, 5.41) is 4.48. The van der Waals surface area contributed by atoms with Crippen LogP contribution >= 0.6 is 0 Å². The Morgan fingerprint density at radius 2 is 1.74 bits per heavy atom. The highest BCUT2D eigenvalue weighted by atomic mass is 19.4. The van der Waals surface area contributed by atoms with Crippen molar-refractivity contribution in [3.63, 3.8) is 0 Å². The van der Waals surface area contributed by atoms with Crippen LogP contribution in [0.5, 0.6) is 5.75 Å². The number of carbonyl (C=O) groups excluding carboxylic acids is 2. The lowest BCUT2D eigenvalue weighted by atomic mass is 10.1. The molecule has 0 aromatic heterocycles. The van der Waals surface area contributed by atoms with Crippen molar-refractivity contribution in [2.24, 2.45) is 0 Å². The molecule has 0 atom stereocenters. The highest BCUT2D eigenvalue weighted by molar-refractivity contribution is 5.94. The van der Waals surface area contributed by atoms with Gasteiger partial charge in [-0.05, 0) is 41.8 Å². The van der Waals surface area contributed by atoms with Gasteiger partial charge in [0.15, 0.2) is 0 Å². The van der Waals surface area contributed by atoms with E-state index >= 15 is 0 Å². The molecule has 0 spiro atoms. The van der Waals surface area contributed by atoms with Gasteiger partial charge in [-0.3, -0.25) is 9.59 Å². The summed E-state index contributed by atoms with van der Waals surface area (Å²) in [6.07, 6.45) is -4.12. The molecule has 2 amide bonds. The maximum Gasteiger partial charge on any atom is 0.471 e. The lowest BCUT2D eigenvalue weighted by Crippen LogP contribution is -2.30. The van der Waals surface area contributed by atoms with E-state index in [2.05, 4.69) is 5.32 Å². The monoisotopic (exact) mass is 380 g/mol. The van der Waals surface area contributed by atoms with Gasteiger partial charge < -0.3 is 15.4 Å². The topological polar surface area (TPSA) is 67.4 Å². The Morgan fingerprint density at radius 1 is 1.04 bits per heavy atom. The van der Waals surface area contributed by atoms with Crippen LogP contribution in [0, 0.1) is 0 Å². The highest BCUT2D eigenvalue weighted by Crippen LogP contribution is 2.19. The molecule has 2 N–H and O–H groups in total. The van der Waals surface area contributed by atoms with Crippen LogP contribution in [0.4, 0.5) is 18.9 Å². The maximum atomic E-state index is 12.3. The number of carbonyl (C=O) groups is 2. The van der Waals surface area contributed by atoms with E-state index in [0.717, 1.165) is 11.3 Å². The lowest BCUT2D eigenvalue weighted by molar-refractivity contribution is -0.167. The molecule has 0 saturated carbocycles.